The summed E-state index contributed by atoms with van der Waals surface area (Å²) in [5, 5.41) is 3.02. The third-order valence-corrected chi connectivity index (χ3v) is 5.39. The number of nitrogens with two attached hydrogens (primary N) is 1. The minimum absolute atomic E-state index is 0.365. The Bertz CT molecular complexity index is 643. The molecule has 3 rings (SSSR count). The molecule has 0 aromatic carbocycles. The van der Waals surface area contributed by atoms with Crippen molar-refractivity contribution in [2.45, 2.75) is 18.9 Å². The Labute approximate surface area is 145 Å². The first-order valence-corrected chi connectivity index (χ1v) is 9.04. The van der Waals surface area contributed by atoms with Gasteiger partial charge in [0.1, 0.15) is 6.04 Å². The van der Waals surface area contributed by atoms with Crippen LogP contribution in [-0.4, -0.2) is 53.6 Å². The fourth-order valence-electron chi connectivity index (χ4n) is 2.94. The summed E-state index contributed by atoms with van der Waals surface area (Å²) < 4.78 is 0. The van der Waals surface area contributed by atoms with Gasteiger partial charge in [-0.3, -0.25) is 14.9 Å². The van der Waals surface area contributed by atoms with E-state index in [2.05, 4.69) is 20.2 Å². The van der Waals surface area contributed by atoms with E-state index < -0.39 is 11.8 Å². The first-order valence-electron chi connectivity index (χ1n) is 8.06. The molecule has 0 radical (unpaired) electrons. The summed E-state index contributed by atoms with van der Waals surface area (Å²) in [5.41, 5.74) is 6.48. The standard InChI is InChI=1S/C16H21N5O2S/c17-8-11-2-5-21(6-3-11)16-18-4-1-12(20-16)7-14-15(13(23)9-22)19-10-24-14/h1,4,7,9,11,15,19H,2-3,5-6,8,10,17H2/b14-7-. The van der Waals surface area contributed by atoms with E-state index >= 15 is 0 Å². The van der Waals surface area contributed by atoms with Crippen LogP contribution in [0, 0.1) is 5.92 Å². The molecule has 24 heavy (non-hydrogen) atoms. The summed E-state index contributed by atoms with van der Waals surface area (Å²) in [7, 11) is 0. The van der Waals surface area contributed by atoms with E-state index in [9.17, 15) is 9.59 Å². The van der Waals surface area contributed by atoms with Crippen LogP contribution in [-0.2, 0) is 9.59 Å². The molecule has 0 aliphatic carbocycles. The second-order valence-corrected chi connectivity index (χ2v) is 6.99. The molecule has 0 bridgehead atoms. The number of thioether (sulfide) groups is 1. The topological polar surface area (TPSA) is 101 Å². The molecular weight excluding hydrogens is 326 g/mol. The van der Waals surface area contributed by atoms with Crippen molar-refractivity contribution in [2.75, 3.05) is 30.4 Å². The van der Waals surface area contributed by atoms with Gasteiger partial charge in [0, 0.05) is 30.1 Å². The van der Waals surface area contributed by atoms with Crippen molar-refractivity contribution >= 4 is 35.9 Å². The van der Waals surface area contributed by atoms with Gasteiger partial charge in [0.15, 0.2) is 6.29 Å². The molecule has 0 spiro atoms. The van der Waals surface area contributed by atoms with Crippen molar-refractivity contribution in [3.63, 3.8) is 0 Å². The van der Waals surface area contributed by atoms with Crippen molar-refractivity contribution in [1.29, 1.82) is 0 Å². The van der Waals surface area contributed by atoms with Crippen molar-refractivity contribution in [2.24, 2.45) is 11.7 Å². The fourth-order valence-corrected chi connectivity index (χ4v) is 3.92. The number of carbonyl (C=O) groups excluding carboxylic acids is 2. The molecule has 0 amide bonds. The van der Waals surface area contributed by atoms with E-state index in [1.165, 1.54) is 11.8 Å². The van der Waals surface area contributed by atoms with Crippen LogP contribution in [0.2, 0.25) is 0 Å². The molecule has 2 aliphatic rings. The number of hydrogen-bond donors (Lipinski definition) is 2. The molecule has 1 unspecified atom stereocenters. The molecule has 128 valence electrons. The predicted octanol–water partition coefficient (Wildman–Crippen LogP) is 0.423. The summed E-state index contributed by atoms with van der Waals surface area (Å²) in [4.78, 5) is 34.3. The first-order chi connectivity index (χ1) is 11.7. The Kier molecular flexibility index (Phi) is 5.60. The van der Waals surface area contributed by atoms with E-state index in [1.807, 2.05) is 12.1 Å². The average Bonchev–Trinajstić information content (AvgIpc) is 3.09. The monoisotopic (exact) mass is 347 g/mol. The zero-order valence-corrected chi connectivity index (χ0v) is 14.2. The lowest BCUT2D eigenvalue weighted by Crippen LogP contribution is -2.37. The highest BCUT2D eigenvalue weighted by Gasteiger charge is 2.27. The SMILES string of the molecule is NCC1CCN(c2nccc(/C=C3\SCNC3C(=O)C=O)n2)CC1. The number of aldehydes is 1. The first kappa shape index (κ1) is 17.1. The van der Waals surface area contributed by atoms with Gasteiger partial charge in [0.2, 0.25) is 11.7 Å². The summed E-state index contributed by atoms with van der Waals surface area (Å²) in [5.74, 6) is 1.45. The zero-order chi connectivity index (χ0) is 16.9. The molecule has 2 fully saturated rings. The highest BCUT2D eigenvalue weighted by atomic mass is 32.2. The molecule has 2 aliphatic heterocycles. The average molecular weight is 347 g/mol. The Morgan fingerprint density at radius 2 is 2.25 bits per heavy atom. The number of nitrogens with one attached hydrogen (secondary N) is 1. The molecule has 7 nitrogen and oxygen atoms in total. The zero-order valence-electron chi connectivity index (χ0n) is 13.4. The van der Waals surface area contributed by atoms with Crippen LogP contribution in [0.4, 0.5) is 5.95 Å². The molecular formula is C16H21N5O2S. The molecule has 1 atom stereocenters. The lowest BCUT2D eigenvalue weighted by molar-refractivity contribution is -0.130. The van der Waals surface area contributed by atoms with E-state index in [0.717, 1.165) is 43.1 Å². The maximum Gasteiger partial charge on any atom is 0.225 e. The molecule has 1 aromatic rings. The van der Waals surface area contributed by atoms with Crippen molar-refractivity contribution in [1.82, 2.24) is 15.3 Å². The van der Waals surface area contributed by atoms with Crippen LogP contribution in [0.1, 0.15) is 18.5 Å². The summed E-state index contributed by atoms with van der Waals surface area (Å²) in [6.07, 6.45) is 6.06. The number of nitrogens with zero attached hydrogens (tertiary/aromatic N) is 3. The molecule has 3 N–H and O–H groups in total. The minimum atomic E-state index is -0.550. The maximum atomic E-state index is 11.7. The molecule has 2 saturated heterocycles. The van der Waals surface area contributed by atoms with Crippen molar-refractivity contribution in [3.05, 3.63) is 22.9 Å². The number of anilines is 1. The van der Waals surface area contributed by atoms with E-state index in [1.54, 1.807) is 6.20 Å². The smallest absolute Gasteiger partial charge is 0.225 e. The third kappa shape index (κ3) is 3.82. The number of rotatable bonds is 5. The Hall–Kier alpha value is -1.77. The van der Waals surface area contributed by atoms with Gasteiger partial charge in [-0.1, -0.05) is 0 Å². The van der Waals surface area contributed by atoms with E-state index in [4.69, 9.17) is 5.73 Å². The molecule has 8 heteroatoms. The largest absolute Gasteiger partial charge is 0.341 e. The number of ketones is 1. The fraction of sp³-hybridized carbons (Fsp3) is 0.500. The van der Waals surface area contributed by atoms with E-state index in [0.29, 0.717) is 24.0 Å². The lowest BCUT2D eigenvalue weighted by atomic mass is 9.97. The normalized spacial score (nSPS) is 23.6. The lowest BCUT2D eigenvalue weighted by Gasteiger charge is -2.31. The molecule has 0 saturated carbocycles. The highest BCUT2D eigenvalue weighted by Crippen LogP contribution is 2.28. The number of hydrogen-bond acceptors (Lipinski definition) is 8. The minimum Gasteiger partial charge on any atom is -0.341 e. The van der Waals surface area contributed by atoms with Gasteiger partial charge in [-0.15, -0.1) is 11.8 Å². The highest BCUT2D eigenvalue weighted by molar-refractivity contribution is 8.03. The Morgan fingerprint density at radius 1 is 1.46 bits per heavy atom. The van der Waals surface area contributed by atoms with Gasteiger partial charge in [0.25, 0.3) is 0 Å². The van der Waals surface area contributed by atoms with Crippen LogP contribution >= 0.6 is 11.8 Å². The maximum absolute atomic E-state index is 11.7. The van der Waals surface area contributed by atoms with Gasteiger partial charge < -0.3 is 10.6 Å². The summed E-state index contributed by atoms with van der Waals surface area (Å²) in [6.45, 7) is 2.55. The van der Waals surface area contributed by atoms with Crippen LogP contribution in [0.3, 0.4) is 0 Å². The Balaban J connectivity index is 1.75. The second kappa shape index (κ2) is 7.87. The van der Waals surface area contributed by atoms with Gasteiger partial charge in [0.05, 0.1) is 5.69 Å². The van der Waals surface area contributed by atoms with Crippen LogP contribution < -0.4 is 16.0 Å². The van der Waals surface area contributed by atoms with Gasteiger partial charge >= 0.3 is 0 Å². The van der Waals surface area contributed by atoms with Crippen LogP contribution in [0.5, 0.6) is 0 Å². The molecule has 1 aromatic heterocycles. The van der Waals surface area contributed by atoms with Gasteiger partial charge in [-0.25, -0.2) is 9.97 Å². The van der Waals surface area contributed by atoms with E-state index in [-0.39, 0.29) is 0 Å². The summed E-state index contributed by atoms with van der Waals surface area (Å²) in [6, 6.07) is 1.26. The van der Waals surface area contributed by atoms with Crippen LogP contribution in [0.25, 0.3) is 6.08 Å². The van der Waals surface area contributed by atoms with Crippen LogP contribution in [0.15, 0.2) is 17.2 Å². The van der Waals surface area contributed by atoms with Gasteiger partial charge in [-0.05, 0) is 37.4 Å². The van der Waals surface area contributed by atoms with Gasteiger partial charge in [-0.2, -0.15) is 0 Å². The quantitative estimate of drug-likeness (QED) is 0.584. The second-order valence-electron chi connectivity index (χ2n) is 5.94. The number of carbonyl (C=O) groups is 2. The predicted molar refractivity (Wildman–Crippen MR) is 94.5 cm³/mol. The van der Waals surface area contributed by atoms with Crippen molar-refractivity contribution < 1.29 is 9.59 Å². The third-order valence-electron chi connectivity index (χ3n) is 4.40. The summed E-state index contributed by atoms with van der Waals surface area (Å²) >= 11 is 1.52. The van der Waals surface area contributed by atoms with Crippen molar-refractivity contribution in [3.8, 4) is 0 Å². The Morgan fingerprint density at radius 3 is 2.96 bits per heavy atom. The number of aromatic nitrogens is 2. The molecule has 3 heterocycles. The number of Topliss-reactive ketones (excluding diaryl/α,β-unsaturated/α-hetero) is 1. The number of piperidine rings is 1.